The van der Waals surface area contributed by atoms with Crippen LogP contribution in [0.25, 0.3) is 6.08 Å². The molecule has 1 aliphatic heterocycles. The lowest BCUT2D eigenvalue weighted by Crippen LogP contribution is -2.12. The summed E-state index contributed by atoms with van der Waals surface area (Å²) in [6, 6.07) is 5.94. The first-order valence-electron chi connectivity index (χ1n) is 5.00. The summed E-state index contributed by atoms with van der Waals surface area (Å²) in [6.07, 6.45) is 4.09. The molecule has 0 saturated carbocycles. The third-order valence-corrected chi connectivity index (χ3v) is 2.72. The number of phenols is 1. The van der Waals surface area contributed by atoms with Crippen molar-refractivity contribution in [2.75, 3.05) is 6.54 Å². The van der Waals surface area contributed by atoms with Crippen molar-refractivity contribution in [2.45, 2.75) is 18.9 Å². The van der Waals surface area contributed by atoms with Crippen molar-refractivity contribution in [2.24, 2.45) is 0 Å². The lowest BCUT2D eigenvalue weighted by atomic mass is 10.0. The Hall–Kier alpha value is -1.28. The maximum Gasteiger partial charge on any atom is 0.120 e. The second-order valence-electron chi connectivity index (χ2n) is 3.67. The van der Waals surface area contributed by atoms with Gasteiger partial charge >= 0.3 is 0 Å². The van der Waals surface area contributed by atoms with Crippen molar-refractivity contribution in [1.29, 1.82) is 0 Å². The maximum absolute atomic E-state index is 9.72. The van der Waals surface area contributed by atoms with Gasteiger partial charge in [0.25, 0.3) is 0 Å². The predicted octanol–water partition coefficient (Wildman–Crippen LogP) is 2.46. The van der Waals surface area contributed by atoms with Crippen LogP contribution in [0.15, 0.2) is 24.8 Å². The first kappa shape index (κ1) is 9.28. The number of phenolic OH excluding ortho intramolecular Hbond substituents is 1. The van der Waals surface area contributed by atoms with Gasteiger partial charge in [-0.25, -0.2) is 0 Å². The summed E-state index contributed by atoms with van der Waals surface area (Å²) in [4.78, 5) is 0. The van der Waals surface area contributed by atoms with E-state index in [0.717, 1.165) is 24.1 Å². The van der Waals surface area contributed by atoms with E-state index >= 15 is 0 Å². The molecule has 0 radical (unpaired) electrons. The average molecular weight is 189 g/mol. The van der Waals surface area contributed by atoms with Crippen LogP contribution in [0.1, 0.15) is 30.0 Å². The normalized spacial score (nSPS) is 21.0. The molecule has 1 saturated heterocycles. The van der Waals surface area contributed by atoms with Crippen molar-refractivity contribution in [3.05, 3.63) is 35.9 Å². The highest BCUT2D eigenvalue weighted by Gasteiger charge is 2.18. The Morgan fingerprint density at radius 1 is 1.50 bits per heavy atom. The molecule has 1 fully saturated rings. The van der Waals surface area contributed by atoms with E-state index in [0.29, 0.717) is 11.8 Å². The van der Waals surface area contributed by atoms with Gasteiger partial charge in [-0.3, -0.25) is 0 Å². The van der Waals surface area contributed by atoms with Crippen LogP contribution in [-0.4, -0.2) is 11.7 Å². The SMILES string of the molecule is C=Cc1ccc(O)c([C@H]2CCCN2)c1. The molecule has 1 aromatic carbocycles. The number of hydrogen-bond acceptors (Lipinski definition) is 2. The Bertz CT molecular complexity index is 340. The molecule has 1 aliphatic rings. The third kappa shape index (κ3) is 1.66. The second kappa shape index (κ2) is 3.84. The van der Waals surface area contributed by atoms with Gasteiger partial charge in [0.05, 0.1) is 0 Å². The third-order valence-electron chi connectivity index (χ3n) is 2.72. The zero-order valence-corrected chi connectivity index (χ0v) is 8.16. The molecule has 0 unspecified atom stereocenters. The number of aromatic hydroxyl groups is 1. The fourth-order valence-electron chi connectivity index (χ4n) is 1.93. The zero-order valence-electron chi connectivity index (χ0n) is 8.16. The quantitative estimate of drug-likeness (QED) is 0.749. The maximum atomic E-state index is 9.72. The van der Waals surface area contributed by atoms with Gasteiger partial charge in [0.15, 0.2) is 0 Å². The van der Waals surface area contributed by atoms with Gasteiger partial charge in [0.2, 0.25) is 0 Å². The number of hydrogen-bond donors (Lipinski definition) is 2. The Morgan fingerprint density at radius 2 is 2.36 bits per heavy atom. The molecule has 0 bridgehead atoms. The smallest absolute Gasteiger partial charge is 0.120 e. The molecule has 74 valence electrons. The molecule has 2 heteroatoms. The molecule has 0 amide bonds. The van der Waals surface area contributed by atoms with Crippen LogP contribution >= 0.6 is 0 Å². The van der Waals surface area contributed by atoms with Crippen molar-refractivity contribution in [1.82, 2.24) is 5.32 Å². The fourth-order valence-corrected chi connectivity index (χ4v) is 1.93. The molecular formula is C12H15NO. The van der Waals surface area contributed by atoms with Crippen molar-refractivity contribution >= 4 is 6.08 Å². The second-order valence-corrected chi connectivity index (χ2v) is 3.67. The molecule has 0 aliphatic carbocycles. The highest BCUT2D eigenvalue weighted by atomic mass is 16.3. The van der Waals surface area contributed by atoms with Crippen LogP contribution in [0.3, 0.4) is 0 Å². The van der Waals surface area contributed by atoms with Gasteiger partial charge < -0.3 is 10.4 Å². The van der Waals surface area contributed by atoms with E-state index < -0.39 is 0 Å². The minimum absolute atomic E-state index is 0.315. The van der Waals surface area contributed by atoms with Crippen molar-refractivity contribution in [3.8, 4) is 5.75 Å². The minimum atomic E-state index is 0.315. The topological polar surface area (TPSA) is 32.3 Å². The summed E-state index contributed by atoms with van der Waals surface area (Å²) in [5, 5.41) is 13.1. The van der Waals surface area contributed by atoms with Crippen LogP contribution in [0.2, 0.25) is 0 Å². The van der Waals surface area contributed by atoms with E-state index in [1.54, 1.807) is 12.1 Å². The highest BCUT2D eigenvalue weighted by Crippen LogP contribution is 2.30. The standard InChI is InChI=1S/C12H15NO/c1-2-9-5-6-12(14)10(8-9)11-4-3-7-13-11/h2,5-6,8,11,13-14H,1,3-4,7H2/t11-/m1/s1. The summed E-state index contributed by atoms with van der Waals surface area (Å²) in [7, 11) is 0. The predicted molar refractivity (Wildman–Crippen MR) is 58.2 cm³/mol. The molecule has 1 aromatic rings. The molecule has 2 rings (SSSR count). The Morgan fingerprint density at radius 3 is 3.00 bits per heavy atom. The molecule has 0 spiro atoms. The molecule has 0 aromatic heterocycles. The first-order valence-corrected chi connectivity index (χ1v) is 5.00. The van der Waals surface area contributed by atoms with Gasteiger partial charge in [-0.05, 0) is 37.1 Å². The zero-order chi connectivity index (χ0) is 9.97. The number of rotatable bonds is 2. The lowest BCUT2D eigenvalue weighted by molar-refractivity contribution is 0.457. The van der Waals surface area contributed by atoms with E-state index in [9.17, 15) is 5.11 Å². The molecule has 14 heavy (non-hydrogen) atoms. The van der Waals surface area contributed by atoms with Gasteiger partial charge in [-0.2, -0.15) is 0 Å². The van der Waals surface area contributed by atoms with E-state index in [-0.39, 0.29) is 0 Å². The number of nitrogens with one attached hydrogen (secondary N) is 1. The minimum Gasteiger partial charge on any atom is -0.508 e. The Kier molecular flexibility index (Phi) is 2.55. The fraction of sp³-hybridized carbons (Fsp3) is 0.333. The van der Waals surface area contributed by atoms with Crippen LogP contribution in [-0.2, 0) is 0 Å². The van der Waals surface area contributed by atoms with Crippen molar-refractivity contribution in [3.63, 3.8) is 0 Å². The van der Waals surface area contributed by atoms with Crippen LogP contribution < -0.4 is 5.32 Å². The number of benzene rings is 1. The molecule has 2 nitrogen and oxygen atoms in total. The van der Waals surface area contributed by atoms with Crippen LogP contribution in [0, 0.1) is 0 Å². The van der Waals surface area contributed by atoms with E-state index in [1.165, 1.54) is 6.42 Å². The summed E-state index contributed by atoms with van der Waals surface area (Å²) >= 11 is 0. The van der Waals surface area contributed by atoms with Gasteiger partial charge in [0.1, 0.15) is 5.75 Å². The highest BCUT2D eigenvalue weighted by molar-refractivity contribution is 5.52. The molecular weight excluding hydrogens is 174 g/mol. The van der Waals surface area contributed by atoms with Gasteiger partial charge in [-0.15, -0.1) is 0 Å². The monoisotopic (exact) mass is 189 g/mol. The van der Waals surface area contributed by atoms with E-state index in [4.69, 9.17) is 0 Å². The molecule has 1 atom stereocenters. The van der Waals surface area contributed by atoms with Crippen LogP contribution in [0.5, 0.6) is 5.75 Å². The first-order chi connectivity index (χ1) is 6.81. The summed E-state index contributed by atoms with van der Waals surface area (Å²) in [5.41, 5.74) is 2.06. The molecule has 1 heterocycles. The van der Waals surface area contributed by atoms with E-state index in [1.807, 2.05) is 12.1 Å². The van der Waals surface area contributed by atoms with Crippen molar-refractivity contribution < 1.29 is 5.11 Å². The average Bonchev–Trinajstić information content (AvgIpc) is 2.71. The molecule has 2 N–H and O–H groups in total. The lowest BCUT2D eigenvalue weighted by Gasteiger charge is -2.13. The van der Waals surface area contributed by atoms with Gasteiger partial charge in [-0.1, -0.05) is 18.7 Å². The Balaban J connectivity index is 2.34. The van der Waals surface area contributed by atoms with Crippen LogP contribution in [0.4, 0.5) is 0 Å². The largest absolute Gasteiger partial charge is 0.508 e. The van der Waals surface area contributed by atoms with Gasteiger partial charge in [0, 0.05) is 11.6 Å². The Labute approximate surface area is 84.3 Å². The summed E-state index contributed by atoms with van der Waals surface area (Å²) in [5.74, 6) is 0.384. The van der Waals surface area contributed by atoms with E-state index in [2.05, 4.69) is 11.9 Å². The summed E-state index contributed by atoms with van der Waals surface area (Å²) in [6.45, 7) is 4.77. The summed E-state index contributed by atoms with van der Waals surface area (Å²) < 4.78 is 0.